The Kier molecular flexibility index (Phi) is 5.21. The first-order valence-corrected chi connectivity index (χ1v) is 7.26. The number of benzene rings is 1. The summed E-state index contributed by atoms with van der Waals surface area (Å²) in [6.07, 6.45) is 2.50. The summed E-state index contributed by atoms with van der Waals surface area (Å²) in [6.45, 7) is 10.8. The van der Waals surface area contributed by atoms with Crippen molar-refractivity contribution >= 4 is 0 Å². The van der Waals surface area contributed by atoms with Crippen LogP contribution in [0.4, 0.5) is 0 Å². The van der Waals surface area contributed by atoms with Gasteiger partial charge in [-0.3, -0.25) is 4.90 Å². The topological polar surface area (TPSA) is 6.48 Å². The molecule has 0 aliphatic carbocycles. The Labute approximate surface area is 112 Å². The number of rotatable bonds is 5. The van der Waals surface area contributed by atoms with E-state index in [1.807, 2.05) is 0 Å². The van der Waals surface area contributed by atoms with Gasteiger partial charge in [-0.25, -0.2) is 0 Å². The zero-order valence-corrected chi connectivity index (χ0v) is 11.8. The van der Waals surface area contributed by atoms with Gasteiger partial charge in [0.25, 0.3) is 0 Å². The van der Waals surface area contributed by atoms with Crippen molar-refractivity contribution in [1.82, 2.24) is 9.80 Å². The van der Waals surface area contributed by atoms with Crippen molar-refractivity contribution in [3.8, 4) is 0 Å². The van der Waals surface area contributed by atoms with E-state index >= 15 is 0 Å². The van der Waals surface area contributed by atoms with Crippen LogP contribution in [0.2, 0.25) is 0 Å². The fraction of sp³-hybridized carbons (Fsp3) is 0.625. The Bertz CT molecular complexity index is 326. The van der Waals surface area contributed by atoms with Gasteiger partial charge >= 0.3 is 0 Å². The third-order valence-electron chi connectivity index (χ3n) is 3.92. The van der Waals surface area contributed by atoms with Crippen molar-refractivity contribution in [2.45, 2.75) is 32.7 Å². The van der Waals surface area contributed by atoms with E-state index in [4.69, 9.17) is 0 Å². The van der Waals surface area contributed by atoms with Crippen LogP contribution in [0.15, 0.2) is 30.3 Å². The van der Waals surface area contributed by atoms with Crippen LogP contribution in [0.1, 0.15) is 25.8 Å². The maximum atomic E-state index is 2.61. The van der Waals surface area contributed by atoms with E-state index in [0.717, 1.165) is 0 Å². The minimum atomic E-state index is 0.705. The van der Waals surface area contributed by atoms with Crippen molar-refractivity contribution in [1.29, 1.82) is 0 Å². The highest BCUT2D eigenvalue weighted by molar-refractivity contribution is 5.14. The largest absolute Gasteiger partial charge is 0.301 e. The van der Waals surface area contributed by atoms with Crippen molar-refractivity contribution in [3.05, 3.63) is 35.9 Å². The molecule has 1 aliphatic rings. The number of hydrogen-bond acceptors (Lipinski definition) is 2. The smallest absolute Gasteiger partial charge is 0.0113 e. The van der Waals surface area contributed by atoms with Gasteiger partial charge in [-0.15, -0.1) is 0 Å². The van der Waals surface area contributed by atoms with Gasteiger partial charge in [0.15, 0.2) is 0 Å². The fourth-order valence-corrected chi connectivity index (χ4v) is 2.65. The highest BCUT2D eigenvalue weighted by Crippen LogP contribution is 2.08. The quantitative estimate of drug-likeness (QED) is 0.788. The second kappa shape index (κ2) is 6.91. The van der Waals surface area contributed by atoms with Gasteiger partial charge in [-0.1, -0.05) is 30.3 Å². The van der Waals surface area contributed by atoms with Crippen LogP contribution in [0.25, 0.3) is 0 Å². The second-order valence-corrected chi connectivity index (χ2v) is 5.56. The van der Waals surface area contributed by atoms with E-state index in [2.05, 4.69) is 54.0 Å². The first-order chi connectivity index (χ1) is 8.75. The molecule has 0 bridgehead atoms. The number of aryl methyl sites for hydroxylation is 1. The molecule has 1 heterocycles. The standard InChI is InChI=1S/C16H26N2/c1-15(2)18-13-11-17(12-14-18)10-6-9-16-7-4-3-5-8-16/h3-5,7-8,15H,6,9-14H2,1-2H3. The summed E-state index contributed by atoms with van der Waals surface area (Å²) in [6, 6.07) is 11.5. The van der Waals surface area contributed by atoms with Crippen LogP contribution in [0, 0.1) is 0 Å². The average molecular weight is 246 g/mol. The van der Waals surface area contributed by atoms with Crippen LogP contribution < -0.4 is 0 Å². The summed E-state index contributed by atoms with van der Waals surface area (Å²) in [5.41, 5.74) is 1.47. The maximum absolute atomic E-state index is 2.61. The Hall–Kier alpha value is -0.860. The third-order valence-corrected chi connectivity index (χ3v) is 3.92. The van der Waals surface area contributed by atoms with Crippen LogP contribution >= 0.6 is 0 Å². The maximum Gasteiger partial charge on any atom is 0.0113 e. The van der Waals surface area contributed by atoms with Crippen molar-refractivity contribution in [2.75, 3.05) is 32.7 Å². The molecule has 1 aromatic rings. The Morgan fingerprint density at radius 1 is 1.00 bits per heavy atom. The molecule has 1 saturated heterocycles. The molecule has 1 aromatic carbocycles. The third kappa shape index (κ3) is 4.11. The molecule has 2 rings (SSSR count). The summed E-state index contributed by atoms with van der Waals surface area (Å²) in [5, 5.41) is 0. The molecule has 0 spiro atoms. The molecule has 18 heavy (non-hydrogen) atoms. The molecule has 0 amide bonds. The lowest BCUT2D eigenvalue weighted by atomic mass is 10.1. The van der Waals surface area contributed by atoms with Gasteiger partial charge in [0, 0.05) is 32.2 Å². The molecule has 1 fully saturated rings. The van der Waals surface area contributed by atoms with Crippen LogP contribution in [-0.4, -0.2) is 48.6 Å². The first kappa shape index (κ1) is 13.6. The van der Waals surface area contributed by atoms with E-state index in [0.29, 0.717) is 6.04 Å². The predicted octanol–water partition coefficient (Wildman–Crippen LogP) is 2.65. The summed E-state index contributed by atoms with van der Waals surface area (Å²) in [4.78, 5) is 5.19. The molecule has 0 aromatic heterocycles. The molecule has 2 nitrogen and oxygen atoms in total. The van der Waals surface area contributed by atoms with Crippen molar-refractivity contribution < 1.29 is 0 Å². The second-order valence-electron chi connectivity index (χ2n) is 5.56. The lowest BCUT2D eigenvalue weighted by molar-refractivity contribution is 0.108. The number of nitrogens with zero attached hydrogens (tertiary/aromatic N) is 2. The van der Waals surface area contributed by atoms with Crippen LogP contribution in [-0.2, 0) is 6.42 Å². The van der Waals surface area contributed by atoms with Gasteiger partial charge in [0.2, 0.25) is 0 Å². The highest BCUT2D eigenvalue weighted by Gasteiger charge is 2.17. The molecule has 0 N–H and O–H groups in total. The summed E-state index contributed by atoms with van der Waals surface area (Å²) >= 11 is 0. The van der Waals surface area contributed by atoms with Crippen LogP contribution in [0.5, 0.6) is 0 Å². The summed E-state index contributed by atoms with van der Waals surface area (Å²) < 4.78 is 0. The summed E-state index contributed by atoms with van der Waals surface area (Å²) in [5.74, 6) is 0. The van der Waals surface area contributed by atoms with Gasteiger partial charge < -0.3 is 4.90 Å². The lowest BCUT2D eigenvalue weighted by Gasteiger charge is -2.36. The van der Waals surface area contributed by atoms with E-state index < -0.39 is 0 Å². The van der Waals surface area contributed by atoms with Gasteiger partial charge in [-0.2, -0.15) is 0 Å². The zero-order chi connectivity index (χ0) is 12.8. The van der Waals surface area contributed by atoms with Gasteiger partial charge in [0.05, 0.1) is 0 Å². The number of hydrogen-bond donors (Lipinski definition) is 0. The highest BCUT2D eigenvalue weighted by atomic mass is 15.3. The Morgan fingerprint density at radius 3 is 2.28 bits per heavy atom. The minimum Gasteiger partial charge on any atom is -0.301 e. The fourth-order valence-electron chi connectivity index (χ4n) is 2.65. The van der Waals surface area contributed by atoms with E-state index in [1.54, 1.807) is 0 Å². The molecule has 0 atom stereocenters. The normalized spacial score (nSPS) is 18.4. The molecule has 0 saturated carbocycles. The molecule has 0 unspecified atom stereocenters. The SMILES string of the molecule is CC(C)N1CCN(CCCc2ccccc2)CC1. The monoisotopic (exact) mass is 246 g/mol. The average Bonchev–Trinajstić information content (AvgIpc) is 2.40. The Morgan fingerprint density at radius 2 is 1.67 bits per heavy atom. The molecule has 100 valence electrons. The molecule has 1 aliphatic heterocycles. The van der Waals surface area contributed by atoms with Crippen molar-refractivity contribution in [2.24, 2.45) is 0 Å². The zero-order valence-electron chi connectivity index (χ0n) is 11.8. The molecular formula is C16H26N2. The van der Waals surface area contributed by atoms with E-state index in [9.17, 15) is 0 Å². The Balaban J connectivity index is 1.64. The first-order valence-electron chi connectivity index (χ1n) is 7.26. The predicted molar refractivity (Wildman–Crippen MR) is 77.9 cm³/mol. The van der Waals surface area contributed by atoms with Crippen molar-refractivity contribution in [3.63, 3.8) is 0 Å². The lowest BCUT2D eigenvalue weighted by Crippen LogP contribution is -2.48. The van der Waals surface area contributed by atoms with E-state index in [-0.39, 0.29) is 0 Å². The molecule has 0 radical (unpaired) electrons. The minimum absolute atomic E-state index is 0.705. The van der Waals surface area contributed by atoms with Gasteiger partial charge in [0.1, 0.15) is 0 Å². The van der Waals surface area contributed by atoms with E-state index in [1.165, 1.54) is 51.1 Å². The summed E-state index contributed by atoms with van der Waals surface area (Å²) in [7, 11) is 0. The van der Waals surface area contributed by atoms with Gasteiger partial charge in [-0.05, 0) is 38.8 Å². The van der Waals surface area contributed by atoms with Crippen LogP contribution in [0.3, 0.4) is 0 Å². The molecule has 2 heteroatoms. The molecular weight excluding hydrogens is 220 g/mol. The number of piperazine rings is 1.